The van der Waals surface area contributed by atoms with Gasteiger partial charge in [-0.15, -0.1) is 0 Å². The summed E-state index contributed by atoms with van der Waals surface area (Å²) >= 11 is 0. The van der Waals surface area contributed by atoms with Crippen molar-refractivity contribution in [3.63, 3.8) is 0 Å². The Labute approximate surface area is 159 Å². The second kappa shape index (κ2) is 6.72. The molecule has 136 valence electrons. The zero-order valence-corrected chi connectivity index (χ0v) is 15.5. The number of hydrogen-bond acceptors (Lipinski definition) is 5. The highest BCUT2D eigenvalue weighted by Gasteiger charge is 2.28. The van der Waals surface area contributed by atoms with Crippen molar-refractivity contribution in [2.24, 2.45) is 5.92 Å². The van der Waals surface area contributed by atoms with E-state index in [1.807, 2.05) is 12.4 Å². The van der Waals surface area contributed by atoms with E-state index in [0.29, 0.717) is 6.04 Å². The summed E-state index contributed by atoms with van der Waals surface area (Å²) in [5.74, 6) is 1.55. The summed E-state index contributed by atoms with van der Waals surface area (Å²) in [5, 5.41) is 4.55. The number of rotatable bonds is 4. The van der Waals surface area contributed by atoms with Crippen LogP contribution in [-0.2, 0) is 6.42 Å². The lowest BCUT2D eigenvalue weighted by Crippen LogP contribution is -2.19. The Hall–Kier alpha value is -2.82. The van der Waals surface area contributed by atoms with Gasteiger partial charge in [0, 0.05) is 29.4 Å². The predicted molar refractivity (Wildman–Crippen MR) is 107 cm³/mol. The van der Waals surface area contributed by atoms with Crippen LogP contribution in [0.25, 0.3) is 16.5 Å². The Morgan fingerprint density at radius 2 is 2.07 bits per heavy atom. The quantitative estimate of drug-likeness (QED) is 0.750. The molecule has 0 unspecified atom stereocenters. The second-order valence-electron chi connectivity index (χ2n) is 7.63. The number of benzene rings is 1. The molecule has 2 heterocycles. The molecular formula is C22H23N5. The van der Waals surface area contributed by atoms with Gasteiger partial charge in [0.2, 0.25) is 5.95 Å². The van der Waals surface area contributed by atoms with Crippen molar-refractivity contribution in [1.29, 1.82) is 0 Å². The molecule has 1 atom stereocenters. The minimum absolute atomic E-state index is 0.448. The summed E-state index contributed by atoms with van der Waals surface area (Å²) in [5.41, 5.74) is 5.65. The summed E-state index contributed by atoms with van der Waals surface area (Å²) in [6.45, 7) is 2.23. The molecule has 5 heteroatoms. The summed E-state index contributed by atoms with van der Waals surface area (Å²) < 4.78 is 0. The van der Waals surface area contributed by atoms with Gasteiger partial charge in [0.15, 0.2) is 0 Å². The molecule has 0 amide bonds. The van der Waals surface area contributed by atoms with E-state index in [9.17, 15) is 0 Å². The first-order valence-electron chi connectivity index (χ1n) is 9.81. The third-order valence-corrected chi connectivity index (χ3v) is 5.63. The van der Waals surface area contributed by atoms with Crippen LogP contribution in [0, 0.1) is 5.92 Å². The molecule has 1 saturated carbocycles. The SMILES string of the molecule is C[C@@H](Nc1ncc2c(n1)CCCC=C2c1ccc2ncncc2c1)C1CC1. The zero-order valence-electron chi connectivity index (χ0n) is 15.5. The highest BCUT2D eigenvalue weighted by atomic mass is 15.1. The molecule has 1 fully saturated rings. The van der Waals surface area contributed by atoms with Gasteiger partial charge in [-0.25, -0.2) is 19.9 Å². The van der Waals surface area contributed by atoms with E-state index in [-0.39, 0.29) is 0 Å². The fraction of sp³-hybridized carbons (Fsp3) is 0.364. The standard InChI is InChI=1S/C22H23N5/c1-14(15-6-7-15)26-22-24-12-19-18(4-2-3-5-21(19)27-22)16-8-9-20-17(10-16)11-23-13-25-20/h4,8-15H,2-3,5-7H2,1H3,(H,24,26,27)/t14-/m1/s1. The smallest absolute Gasteiger partial charge is 0.223 e. The maximum atomic E-state index is 4.87. The first-order chi connectivity index (χ1) is 13.3. The molecule has 1 N–H and O–H groups in total. The van der Waals surface area contributed by atoms with E-state index < -0.39 is 0 Å². The summed E-state index contributed by atoms with van der Waals surface area (Å²) in [6, 6.07) is 6.81. The normalized spacial score (nSPS) is 17.7. The van der Waals surface area contributed by atoms with E-state index >= 15 is 0 Å². The highest BCUT2D eigenvalue weighted by molar-refractivity contribution is 5.87. The van der Waals surface area contributed by atoms with E-state index in [4.69, 9.17) is 4.98 Å². The van der Waals surface area contributed by atoms with E-state index in [2.05, 4.69) is 51.5 Å². The molecule has 2 aliphatic rings. The van der Waals surface area contributed by atoms with Crippen LogP contribution >= 0.6 is 0 Å². The number of fused-ring (bicyclic) bond motifs is 2. The molecule has 0 aliphatic heterocycles. The first-order valence-corrected chi connectivity index (χ1v) is 9.81. The van der Waals surface area contributed by atoms with Crippen LogP contribution in [-0.4, -0.2) is 26.0 Å². The lowest BCUT2D eigenvalue weighted by molar-refractivity contribution is 0.684. The lowest BCUT2D eigenvalue weighted by atomic mass is 9.97. The van der Waals surface area contributed by atoms with Gasteiger partial charge >= 0.3 is 0 Å². The Morgan fingerprint density at radius 1 is 1.15 bits per heavy atom. The van der Waals surface area contributed by atoms with Crippen LogP contribution in [0.5, 0.6) is 0 Å². The first kappa shape index (κ1) is 16.4. The Kier molecular flexibility index (Phi) is 4.07. The largest absolute Gasteiger partial charge is 0.351 e. The monoisotopic (exact) mass is 357 g/mol. The van der Waals surface area contributed by atoms with Crippen molar-refractivity contribution in [2.45, 2.75) is 45.1 Å². The van der Waals surface area contributed by atoms with Crippen LogP contribution in [0.3, 0.4) is 0 Å². The number of anilines is 1. The van der Waals surface area contributed by atoms with Gasteiger partial charge in [-0.2, -0.15) is 0 Å². The molecule has 5 nitrogen and oxygen atoms in total. The number of nitrogens with one attached hydrogen (secondary N) is 1. The van der Waals surface area contributed by atoms with Crippen molar-refractivity contribution < 1.29 is 0 Å². The summed E-state index contributed by atoms with van der Waals surface area (Å²) in [7, 11) is 0. The van der Waals surface area contributed by atoms with Gasteiger partial charge in [-0.1, -0.05) is 12.1 Å². The highest BCUT2D eigenvalue weighted by Crippen LogP contribution is 2.34. The molecule has 0 spiro atoms. The van der Waals surface area contributed by atoms with Crippen LogP contribution < -0.4 is 5.32 Å². The molecule has 1 aromatic carbocycles. The number of aromatic nitrogens is 4. The summed E-state index contributed by atoms with van der Waals surface area (Å²) in [6.07, 6.45) is 13.6. The maximum absolute atomic E-state index is 4.87. The van der Waals surface area contributed by atoms with E-state index in [1.165, 1.54) is 24.0 Å². The number of hydrogen-bond donors (Lipinski definition) is 1. The molecule has 2 aromatic heterocycles. The lowest BCUT2D eigenvalue weighted by Gasteiger charge is -2.16. The van der Waals surface area contributed by atoms with Gasteiger partial charge in [-0.05, 0) is 68.2 Å². The molecule has 5 rings (SSSR count). The molecule has 0 radical (unpaired) electrons. The average molecular weight is 357 g/mol. The molecular weight excluding hydrogens is 334 g/mol. The fourth-order valence-corrected chi connectivity index (χ4v) is 3.87. The van der Waals surface area contributed by atoms with E-state index in [0.717, 1.165) is 53.3 Å². The van der Waals surface area contributed by atoms with Crippen molar-refractivity contribution in [3.05, 3.63) is 59.8 Å². The molecule has 0 saturated heterocycles. The maximum Gasteiger partial charge on any atom is 0.223 e. The van der Waals surface area contributed by atoms with Gasteiger partial charge < -0.3 is 5.32 Å². The second-order valence-corrected chi connectivity index (χ2v) is 7.63. The molecule has 27 heavy (non-hydrogen) atoms. The third kappa shape index (κ3) is 3.29. The minimum Gasteiger partial charge on any atom is -0.351 e. The third-order valence-electron chi connectivity index (χ3n) is 5.63. The predicted octanol–water partition coefficient (Wildman–Crippen LogP) is 4.40. The summed E-state index contributed by atoms with van der Waals surface area (Å²) in [4.78, 5) is 18.0. The zero-order chi connectivity index (χ0) is 18.2. The van der Waals surface area contributed by atoms with Gasteiger partial charge in [0.25, 0.3) is 0 Å². The fourth-order valence-electron chi connectivity index (χ4n) is 3.87. The number of allylic oxidation sites excluding steroid dienone is 1. The van der Waals surface area contributed by atoms with Crippen molar-refractivity contribution in [1.82, 2.24) is 19.9 Å². The van der Waals surface area contributed by atoms with Crippen LogP contribution in [0.1, 0.15) is 49.4 Å². The molecule has 2 aliphatic carbocycles. The average Bonchev–Trinajstić information content (AvgIpc) is 3.54. The molecule has 0 bridgehead atoms. The van der Waals surface area contributed by atoms with Crippen LogP contribution in [0.2, 0.25) is 0 Å². The van der Waals surface area contributed by atoms with Gasteiger partial charge in [0.1, 0.15) is 6.33 Å². The van der Waals surface area contributed by atoms with Crippen LogP contribution in [0.15, 0.2) is 43.0 Å². The van der Waals surface area contributed by atoms with Crippen molar-refractivity contribution in [3.8, 4) is 0 Å². The Morgan fingerprint density at radius 3 is 2.96 bits per heavy atom. The van der Waals surface area contributed by atoms with Gasteiger partial charge in [0.05, 0.1) is 11.2 Å². The number of aryl methyl sites for hydroxylation is 1. The molecule has 3 aromatic rings. The minimum atomic E-state index is 0.448. The topological polar surface area (TPSA) is 63.6 Å². The Balaban J connectivity index is 1.51. The van der Waals surface area contributed by atoms with Gasteiger partial charge in [-0.3, -0.25) is 0 Å². The Bertz CT molecular complexity index is 1020. The van der Waals surface area contributed by atoms with E-state index in [1.54, 1.807) is 6.33 Å². The van der Waals surface area contributed by atoms with Crippen molar-refractivity contribution >= 4 is 22.4 Å². The van der Waals surface area contributed by atoms with Crippen LogP contribution in [0.4, 0.5) is 5.95 Å². The number of nitrogens with zero attached hydrogens (tertiary/aromatic N) is 4. The van der Waals surface area contributed by atoms with Crippen molar-refractivity contribution in [2.75, 3.05) is 5.32 Å².